The Kier molecular flexibility index (Phi) is 3.37. The number of carbonyl (C=O) groups is 3. The first-order valence-corrected chi connectivity index (χ1v) is 4.28. The molecule has 0 aliphatic carbocycles. The summed E-state index contributed by atoms with van der Waals surface area (Å²) in [4.78, 5) is 31.9. The monoisotopic (exact) mass is 223 g/mol. The van der Waals surface area contributed by atoms with Gasteiger partial charge in [0.25, 0.3) is 0 Å². The highest BCUT2D eigenvalue weighted by Crippen LogP contribution is 2.16. The average Bonchev–Trinajstić information content (AvgIpc) is 2.26. The van der Waals surface area contributed by atoms with Crippen LogP contribution >= 0.6 is 0 Å². The zero-order valence-electron chi connectivity index (χ0n) is 8.08. The molecule has 0 radical (unpaired) electrons. The molecule has 0 bridgehead atoms. The summed E-state index contributed by atoms with van der Waals surface area (Å²) < 4.78 is 0. The fraction of sp³-hybridized carbons (Fsp3) is 0.100. The second kappa shape index (κ2) is 4.54. The molecule has 1 rings (SSSR count). The number of aromatic carboxylic acids is 2. The first kappa shape index (κ1) is 11.9. The van der Waals surface area contributed by atoms with Gasteiger partial charge >= 0.3 is 11.9 Å². The maximum atomic E-state index is 10.8. The lowest BCUT2D eigenvalue weighted by Gasteiger charge is -2.07. The summed E-state index contributed by atoms with van der Waals surface area (Å²) in [5, 5.41) is 17.5. The summed E-state index contributed by atoms with van der Waals surface area (Å²) in [6.45, 7) is 0. The fourth-order valence-corrected chi connectivity index (χ4v) is 1.21. The first-order valence-electron chi connectivity index (χ1n) is 4.28. The van der Waals surface area contributed by atoms with E-state index in [0.717, 1.165) is 12.1 Å². The highest BCUT2D eigenvalue weighted by molar-refractivity contribution is 6.01. The number of benzene rings is 1. The molecule has 0 fully saturated rings. The zero-order valence-corrected chi connectivity index (χ0v) is 8.08. The third-order valence-corrected chi connectivity index (χ3v) is 2.04. The van der Waals surface area contributed by atoms with Gasteiger partial charge in [-0.15, -0.1) is 0 Å². The van der Waals surface area contributed by atoms with Gasteiger partial charge in [0, 0.05) is 0 Å². The Hall–Kier alpha value is -2.21. The second-order valence-corrected chi connectivity index (χ2v) is 3.08. The van der Waals surface area contributed by atoms with Crippen molar-refractivity contribution in [3.63, 3.8) is 0 Å². The van der Waals surface area contributed by atoms with Crippen LogP contribution in [0, 0.1) is 0 Å². The van der Waals surface area contributed by atoms with Crippen molar-refractivity contribution in [2.24, 2.45) is 5.73 Å². The van der Waals surface area contributed by atoms with Gasteiger partial charge in [0.15, 0.2) is 0 Å². The van der Waals surface area contributed by atoms with Crippen LogP contribution in [0.25, 0.3) is 0 Å². The van der Waals surface area contributed by atoms with Crippen LogP contribution in [0.1, 0.15) is 32.3 Å². The van der Waals surface area contributed by atoms with Crippen molar-refractivity contribution in [2.45, 2.75) is 6.04 Å². The highest BCUT2D eigenvalue weighted by atomic mass is 16.4. The van der Waals surface area contributed by atoms with E-state index in [0.29, 0.717) is 6.29 Å². The molecule has 0 aliphatic heterocycles. The fourth-order valence-electron chi connectivity index (χ4n) is 1.21. The Labute approximate surface area is 90.3 Å². The van der Waals surface area contributed by atoms with Crippen LogP contribution in [-0.2, 0) is 4.79 Å². The minimum absolute atomic E-state index is 0.261. The molecule has 1 atom stereocenters. The lowest BCUT2D eigenvalue weighted by Crippen LogP contribution is -2.14. The molecule has 0 aliphatic rings. The number of aldehydes is 1. The highest BCUT2D eigenvalue weighted by Gasteiger charge is 2.17. The van der Waals surface area contributed by atoms with Crippen LogP contribution < -0.4 is 5.73 Å². The van der Waals surface area contributed by atoms with Gasteiger partial charge in [-0.05, 0) is 17.7 Å². The number of carbonyl (C=O) groups excluding carboxylic acids is 1. The van der Waals surface area contributed by atoms with Crippen LogP contribution in [0.15, 0.2) is 18.2 Å². The normalized spacial score (nSPS) is 11.8. The van der Waals surface area contributed by atoms with E-state index in [4.69, 9.17) is 15.9 Å². The third kappa shape index (κ3) is 2.23. The summed E-state index contributed by atoms with van der Waals surface area (Å²) >= 11 is 0. The third-order valence-electron chi connectivity index (χ3n) is 2.04. The van der Waals surface area contributed by atoms with Crippen LogP contribution in [0.4, 0.5) is 0 Å². The molecule has 6 heteroatoms. The Morgan fingerprint density at radius 1 is 1.19 bits per heavy atom. The molecular weight excluding hydrogens is 214 g/mol. The summed E-state index contributed by atoms with van der Waals surface area (Å²) in [6.07, 6.45) is 0.446. The van der Waals surface area contributed by atoms with Crippen molar-refractivity contribution in [1.82, 2.24) is 0 Å². The van der Waals surface area contributed by atoms with Gasteiger partial charge in [0.2, 0.25) is 0 Å². The molecule has 0 unspecified atom stereocenters. The molecule has 0 spiro atoms. The minimum Gasteiger partial charge on any atom is -0.478 e. The van der Waals surface area contributed by atoms with Crippen LogP contribution in [0.5, 0.6) is 0 Å². The van der Waals surface area contributed by atoms with Crippen molar-refractivity contribution in [3.8, 4) is 0 Å². The topological polar surface area (TPSA) is 118 Å². The van der Waals surface area contributed by atoms with Gasteiger partial charge in [-0.1, -0.05) is 6.07 Å². The van der Waals surface area contributed by atoms with Crippen molar-refractivity contribution < 1.29 is 24.6 Å². The number of carboxylic acids is 2. The molecule has 6 nitrogen and oxygen atoms in total. The zero-order chi connectivity index (χ0) is 12.3. The van der Waals surface area contributed by atoms with E-state index in [-0.39, 0.29) is 16.7 Å². The Balaban J connectivity index is 3.33. The smallest absolute Gasteiger partial charge is 0.336 e. The Morgan fingerprint density at radius 2 is 1.75 bits per heavy atom. The summed E-state index contributed by atoms with van der Waals surface area (Å²) in [5.41, 5.74) is 4.92. The Bertz CT molecular complexity index is 455. The first-order chi connectivity index (χ1) is 7.47. The van der Waals surface area contributed by atoms with E-state index in [1.165, 1.54) is 6.07 Å². The van der Waals surface area contributed by atoms with Crippen molar-refractivity contribution in [3.05, 3.63) is 34.9 Å². The minimum atomic E-state index is -1.38. The standard InChI is InChI=1S/C10H9NO5/c11-8(4-12)5-1-2-6(9(13)14)7(3-5)10(15)16/h1-4,8H,11H2,(H,13,14)(H,15,16)/t8-/m0/s1. The molecule has 1 aromatic rings. The number of rotatable bonds is 4. The lowest BCUT2D eigenvalue weighted by atomic mass is 10.0. The molecule has 16 heavy (non-hydrogen) atoms. The van der Waals surface area contributed by atoms with Gasteiger partial charge in [0.05, 0.1) is 17.2 Å². The van der Waals surface area contributed by atoms with E-state index < -0.39 is 18.0 Å². The van der Waals surface area contributed by atoms with Crippen LogP contribution in [0.2, 0.25) is 0 Å². The van der Waals surface area contributed by atoms with E-state index in [1.807, 2.05) is 0 Å². The molecule has 0 aromatic heterocycles. The quantitative estimate of drug-likeness (QED) is 0.631. The summed E-state index contributed by atoms with van der Waals surface area (Å²) in [5.74, 6) is -2.72. The van der Waals surface area contributed by atoms with E-state index >= 15 is 0 Å². The van der Waals surface area contributed by atoms with Gasteiger partial charge in [-0.25, -0.2) is 9.59 Å². The predicted molar refractivity (Wildman–Crippen MR) is 53.4 cm³/mol. The molecule has 0 heterocycles. The largest absolute Gasteiger partial charge is 0.478 e. The number of hydrogen-bond donors (Lipinski definition) is 3. The van der Waals surface area contributed by atoms with Crippen LogP contribution in [-0.4, -0.2) is 28.4 Å². The predicted octanol–water partition coefficient (Wildman–Crippen LogP) is 0.282. The average molecular weight is 223 g/mol. The number of carboxylic acid groups (broad SMARTS) is 2. The molecule has 0 saturated carbocycles. The van der Waals surface area contributed by atoms with Gasteiger partial charge < -0.3 is 20.7 Å². The SMILES string of the molecule is N[C@@H](C=O)c1ccc(C(=O)O)c(C(=O)O)c1. The van der Waals surface area contributed by atoms with Crippen molar-refractivity contribution in [2.75, 3.05) is 0 Å². The molecule has 0 saturated heterocycles. The van der Waals surface area contributed by atoms with Crippen LogP contribution in [0.3, 0.4) is 0 Å². The molecule has 0 amide bonds. The molecular formula is C10H9NO5. The maximum Gasteiger partial charge on any atom is 0.336 e. The molecule has 4 N–H and O–H groups in total. The molecule has 84 valence electrons. The van der Waals surface area contributed by atoms with Gasteiger partial charge in [-0.2, -0.15) is 0 Å². The maximum absolute atomic E-state index is 10.8. The van der Waals surface area contributed by atoms with Crippen molar-refractivity contribution >= 4 is 18.2 Å². The van der Waals surface area contributed by atoms with Crippen molar-refractivity contribution in [1.29, 1.82) is 0 Å². The van der Waals surface area contributed by atoms with Gasteiger partial charge in [0.1, 0.15) is 6.29 Å². The van der Waals surface area contributed by atoms with E-state index in [1.54, 1.807) is 0 Å². The number of hydrogen-bond acceptors (Lipinski definition) is 4. The van der Waals surface area contributed by atoms with Gasteiger partial charge in [-0.3, -0.25) is 0 Å². The lowest BCUT2D eigenvalue weighted by molar-refractivity contribution is -0.109. The summed E-state index contributed by atoms with van der Waals surface area (Å²) in [6, 6.07) is 2.56. The molecule has 1 aromatic carbocycles. The Morgan fingerprint density at radius 3 is 2.19 bits per heavy atom. The summed E-state index contributed by atoms with van der Waals surface area (Å²) in [7, 11) is 0. The number of nitrogens with two attached hydrogens (primary N) is 1. The van der Waals surface area contributed by atoms with E-state index in [9.17, 15) is 14.4 Å². The second-order valence-electron chi connectivity index (χ2n) is 3.08. The van der Waals surface area contributed by atoms with E-state index in [2.05, 4.69) is 0 Å².